The van der Waals surface area contributed by atoms with E-state index in [9.17, 15) is 4.79 Å². The zero-order valence-corrected chi connectivity index (χ0v) is 7.26. The second-order valence-electron chi connectivity index (χ2n) is 2.47. The van der Waals surface area contributed by atoms with Crippen molar-refractivity contribution in [3.05, 3.63) is 12.2 Å². The molecule has 1 N–H and O–H groups in total. The fraction of sp³-hybridized carbons (Fsp3) is 0.625. The molecule has 0 rings (SSSR count). The Balaban J connectivity index is 3.37. The minimum Gasteiger partial charge on any atom is -0.445 e. The fourth-order valence-corrected chi connectivity index (χ4v) is 0.497. The summed E-state index contributed by atoms with van der Waals surface area (Å²) in [6.45, 7) is 5.99. The Morgan fingerprint density at radius 2 is 2.27 bits per heavy atom. The number of allylic oxidation sites excluding steroid dienone is 1. The summed E-state index contributed by atoms with van der Waals surface area (Å²) in [5.41, 5.74) is 0. The Bertz CT molecular complexity index is 141. The predicted octanol–water partition coefficient (Wildman–Crippen LogP) is 1.70. The van der Waals surface area contributed by atoms with E-state index >= 15 is 0 Å². The molecule has 3 nitrogen and oxygen atoms in total. The summed E-state index contributed by atoms with van der Waals surface area (Å²) >= 11 is 0. The lowest BCUT2D eigenvalue weighted by atomic mass is 10.4. The molecule has 0 aromatic carbocycles. The number of ether oxygens (including phenoxy) is 1. The molecule has 0 aliphatic heterocycles. The maximum Gasteiger partial charge on any atom is 0.407 e. The van der Waals surface area contributed by atoms with Crippen molar-refractivity contribution < 1.29 is 9.53 Å². The zero-order chi connectivity index (χ0) is 8.69. The van der Waals surface area contributed by atoms with E-state index in [0.717, 1.165) is 0 Å². The molecule has 0 radical (unpaired) electrons. The van der Waals surface area contributed by atoms with Gasteiger partial charge >= 0.3 is 6.09 Å². The highest BCUT2D eigenvalue weighted by molar-refractivity contribution is 5.67. The third kappa shape index (κ3) is 6.90. The van der Waals surface area contributed by atoms with E-state index in [0.29, 0.717) is 6.61 Å². The summed E-state index contributed by atoms with van der Waals surface area (Å²) in [7, 11) is 0. The van der Waals surface area contributed by atoms with Gasteiger partial charge in [-0.3, -0.25) is 0 Å². The van der Waals surface area contributed by atoms with Crippen LogP contribution in [0.15, 0.2) is 12.2 Å². The monoisotopic (exact) mass is 157 g/mol. The second-order valence-corrected chi connectivity index (χ2v) is 2.47. The van der Waals surface area contributed by atoms with Crippen LogP contribution in [-0.4, -0.2) is 18.7 Å². The fourth-order valence-electron chi connectivity index (χ4n) is 0.497. The summed E-state index contributed by atoms with van der Waals surface area (Å²) in [4.78, 5) is 10.8. The van der Waals surface area contributed by atoms with Crippen LogP contribution >= 0.6 is 0 Å². The van der Waals surface area contributed by atoms with Crippen molar-refractivity contribution in [2.24, 2.45) is 0 Å². The third-order valence-electron chi connectivity index (χ3n) is 0.953. The lowest BCUT2D eigenvalue weighted by Gasteiger charge is -2.06. The quantitative estimate of drug-likeness (QED) is 0.633. The molecule has 0 bridgehead atoms. The van der Waals surface area contributed by atoms with Crippen LogP contribution in [0, 0.1) is 0 Å². The van der Waals surface area contributed by atoms with E-state index < -0.39 is 0 Å². The Hall–Kier alpha value is -0.990. The lowest BCUT2D eigenvalue weighted by molar-refractivity contribution is 0.155. The first-order valence-electron chi connectivity index (χ1n) is 3.71. The van der Waals surface area contributed by atoms with E-state index in [-0.39, 0.29) is 12.1 Å². The van der Waals surface area contributed by atoms with Gasteiger partial charge in [0.25, 0.3) is 0 Å². The van der Waals surface area contributed by atoms with Gasteiger partial charge in [-0.25, -0.2) is 4.79 Å². The van der Waals surface area contributed by atoms with Gasteiger partial charge in [-0.05, 0) is 20.8 Å². The smallest absolute Gasteiger partial charge is 0.407 e. The standard InChI is InChI=1S/C8H15NO2/c1-4-5-6-11-8(10)9-7(2)3/h4-5,7H,6H2,1-3H3,(H,9,10)/b5-4+. The van der Waals surface area contributed by atoms with Crippen LogP contribution in [-0.2, 0) is 4.74 Å². The number of hydrogen-bond donors (Lipinski definition) is 1. The zero-order valence-electron chi connectivity index (χ0n) is 7.26. The molecule has 0 aromatic rings. The normalized spacial score (nSPS) is 10.5. The van der Waals surface area contributed by atoms with Crippen molar-refractivity contribution in [3.63, 3.8) is 0 Å². The Morgan fingerprint density at radius 3 is 2.73 bits per heavy atom. The molecule has 0 fully saturated rings. The number of hydrogen-bond acceptors (Lipinski definition) is 2. The van der Waals surface area contributed by atoms with E-state index in [1.54, 1.807) is 6.08 Å². The molecule has 3 heteroatoms. The van der Waals surface area contributed by atoms with Crippen LogP contribution in [0.5, 0.6) is 0 Å². The van der Waals surface area contributed by atoms with E-state index in [2.05, 4.69) is 5.32 Å². The van der Waals surface area contributed by atoms with Gasteiger partial charge in [0.15, 0.2) is 0 Å². The number of rotatable bonds is 3. The van der Waals surface area contributed by atoms with Crippen molar-refractivity contribution >= 4 is 6.09 Å². The van der Waals surface area contributed by atoms with Gasteiger partial charge in [0.1, 0.15) is 6.61 Å². The molecule has 0 aliphatic rings. The van der Waals surface area contributed by atoms with Gasteiger partial charge in [-0.15, -0.1) is 0 Å². The molecule has 0 saturated carbocycles. The third-order valence-corrected chi connectivity index (χ3v) is 0.953. The molecule has 0 heterocycles. The second kappa shape index (κ2) is 5.77. The minimum absolute atomic E-state index is 0.133. The summed E-state index contributed by atoms with van der Waals surface area (Å²) in [5, 5.41) is 2.61. The molecule has 64 valence electrons. The van der Waals surface area contributed by atoms with Gasteiger partial charge in [-0.1, -0.05) is 12.2 Å². The highest BCUT2D eigenvalue weighted by atomic mass is 16.5. The molecule has 0 unspecified atom stereocenters. The number of carbonyl (C=O) groups is 1. The van der Waals surface area contributed by atoms with Crippen LogP contribution in [0.1, 0.15) is 20.8 Å². The molecule has 0 aromatic heterocycles. The molecule has 1 amide bonds. The maximum atomic E-state index is 10.8. The molecular weight excluding hydrogens is 142 g/mol. The van der Waals surface area contributed by atoms with Crippen LogP contribution < -0.4 is 5.32 Å². The van der Waals surface area contributed by atoms with Gasteiger partial charge in [0, 0.05) is 6.04 Å². The Labute approximate surface area is 67.4 Å². The first-order chi connectivity index (χ1) is 5.16. The largest absolute Gasteiger partial charge is 0.445 e. The molecule has 0 atom stereocenters. The van der Waals surface area contributed by atoms with Gasteiger partial charge in [0.2, 0.25) is 0 Å². The van der Waals surface area contributed by atoms with Gasteiger partial charge in [-0.2, -0.15) is 0 Å². The average molecular weight is 157 g/mol. The molecule has 11 heavy (non-hydrogen) atoms. The molecule has 0 spiro atoms. The molecule has 0 saturated heterocycles. The Kier molecular flexibility index (Phi) is 5.25. The van der Waals surface area contributed by atoms with Crippen molar-refractivity contribution in [1.29, 1.82) is 0 Å². The van der Waals surface area contributed by atoms with Gasteiger partial charge in [0.05, 0.1) is 0 Å². The average Bonchev–Trinajstić information content (AvgIpc) is 1.86. The van der Waals surface area contributed by atoms with E-state index in [1.165, 1.54) is 0 Å². The number of amides is 1. The first-order valence-corrected chi connectivity index (χ1v) is 3.71. The summed E-state index contributed by atoms with van der Waals surface area (Å²) in [6.07, 6.45) is 3.25. The van der Waals surface area contributed by atoms with E-state index in [1.807, 2.05) is 26.8 Å². The predicted molar refractivity (Wildman–Crippen MR) is 44.4 cm³/mol. The first kappa shape index (κ1) is 10.0. The van der Waals surface area contributed by atoms with Crippen LogP contribution in [0.4, 0.5) is 4.79 Å². The van der Waals surface area contributed by atoms with Crippen molar-refractivity contribution in [1.82, 2.24) is 5.32 Å². The van der Waals surface area contributed by atoms with Crippen LogP contribution in [0.3, 0.4) is 0 Å². The minimum atomic E-state index is -0.363. The summed E-state index contributed by atoms with van der Waals surface area (Å²) < 4.78 is 4.76. The highest BCUT2D eigenvalue weighted by Gasteiger charge is 2.00. The van der Waals surface area contributed by atoms with Crippen molar-refractivity contribution in [3.8, 4) is 0 Å². The lowest BCUT2D eigenvalue weighted by Crippen LogP contribution is -2.30. The van der Waals surface area contributed by atoms with Crippen molar-refractivity contribution in [2.75, 3.05) is 6.61 Å². The van der Waals surface area contributed by atoms with Crippen LogP contribution in [0.25, 0.3) is 0 Å². The SMILES string of the molecule is C/C=C/COC(=O)NC(C)C. The number of nitrogens with one attached hydrogen (secondary N) is 1. The molecular formula is C8H15NO2. The summed E-state index contributed by atoms with van der Waals surface area (Å²) in [6, 6.07) is 0.133. The van der Waals surface area contributed by atoms with Crippen LogP contribution in [0.2, 0.25) is 0 Å². The van der Waals surface area contributed by atoms with Gasteiger partial charge < -0.3 is 10.1 Å². The summed E-state index contributed by atoms with van der Waals surface area (Å²) in [5.74, 6) is 0. The number of alkyl carbamates (subject to hydrolysis) is 1. The Morgan fingerprint density at radius 1 is 1.64 bits per heavy atom. The topological polar surface area (TPSA) is 38.3 Å². The van der Waals surface area contributed by atoms with Crippen molar-refractivity contribution in [2.45, 2.75) is 26.8 Å². The maximum absolute atomic E-state index is 10.8. The van der Waals surface area contributed by atoms with E-state index in [4.69, 9.17) is 4.74 Å². The molecule has 0 aliphatic carbocycles. The number of carbonyl (C=O) groups excluding carboxylic acids is 1. The highest BCUT2D eigenvalue weighted by Crippen LogP contribution is 1.82.